The summed E-state index contributed by atoms with van der Waals surface area (Å²) >= 11 is 1.44. The highest BCUT2D eigenvalue weighted by atomic mass is 32.2. The number of thioether (sulfide) groups is 1. The maximum absolute atomic E-state index is 13.4. The van der Waals surface area contributed by atoms with Gasteiger partial charge in [-0.15, -0.1) is 0 Å². The molecular weight excluding hydrogens is 429 g/mol. The van der Waals surface area contributed by atoms with Gasteiger partial charge in [0, 0.05) is 22.9 Å². The van der Waals surface area contributed by atoms with Gasteiger partial charge in [-0.3, -0.25) is 15.4 Å². The number of imidazole rings is 1. The maximum atomic E-state index is 13.4. The van der Waals surface area contributed by atoms with Crippen LogP contribution < -0.4 is 10.6 Å². The van der Waals surface area contributed by atoms with Gasteiger partial charge in [0.15, 0.2) is 5.16 Å². The molecule has 0 saturated heterocycles. The lowest BCUT2D eigenvalue weighted by atomic mass is 10.1. The second kappa shape index (κ2) is 9.44. The van der Waals surface area contributed by atoms with Crippen molar-refractivity contribution in [2.45, 2.75) is 5.16 Å². The van der Waals surface area contributed by atoms with E-state index in [0.717, 1.165) is 11.3 Å². The SMILES string of the molecule is CSc1nc(-c2ccnc(NC(=O)NC(=O)c3ccccc3)c2)c(-c2ccc(F)cc2)[nH]1. The third kappa shape index (κ3) is 4.84. The summed E-state index contributed by atoms with van der Waals surface area (Å²) in [6, 6.07) is 17.2. The van der Waals surface area contributed by atoms with Gasteiger partial charge in [-0.05, 0) is 54.8 Å². The highest BCUT2D eigenvalue weighted by molar-refractivity contribution is 7.98. The second-order valence-corrected chi connectivity index (χ2v) is 7.48. The van der Waals surface area contributed by atoms with E-state index in [9.17, 15) is 14.0 Å². The van der Waals surface area contributed by atoms with Crippen molar-refractivity contribution in [3.63, 3.8) is 0 Å². The molecule has 9 heteroatoms. The first kappa shape index (κ1) is 21.3. The Morgan fingerprint density at radius 2 is 1.75 bits per heavy atom. The van der Waals surface area contributed by atoms with Gasteiger partial charge in [-0.2, -0.15) is 0 Å². The molecule has 0 aliphatic carbocycles. The fourth-order valence-electron chi connectivity index (χ4n) is 3.04. The van der Waals surface area contributed by atoms with Crippen molar-refractivity contribution >= 4 is 29.5 Å². The molecular formula is C23H18FN5O2S. The average Bonchev–Trinajstić information content (AvgIpc) is 3.25. The summed E-state index contributed by atoms with van der Waals surface area (Å²) < 4.78 is 13.4. The van der Waals surface area contributed by atoms with Crippen molar-refractivity contribution in [1.29, 1.82) is 0 Å². The van der Waals surface area contributed by atoms with Crippen LogP contribution in [-0.2, 0) is 0 Å². The van der Waals surface area contributed by atoms with Crippen LogP contribution in [0, 0.1) is 5.82 Å². The molecule has 0 saturated carbocycles. The van der Waals surface area contributed by atoms with E-state index >= 15 is 0 Å². The number of urea groups is 1. The number of anilines is 1. The number of aromatic amines is 1. The predicted molar refractivity (Wildman–Crippen MR) is 122 cm³/mol. The number of hydrogen-bond acceptors (Lipinski definition) is 5. The minimum Gasteiger partial charge on any atom is -0.332 e. The van der Waals surface area contributed by atoms with Crippen LogP contribution in [0.5, 0.6) is 0 Å². The number of carbonyl (C=O) groups is 2. The third-order valence-corrected chi connectivity index (χ3v) is 5.13. The van der Waals surface area contributed by atoms with Crippen molar-refractivity contribution in [1.82, 2.24) is 20.3 Å². The Hall–Kier alpha value is -3.98. The fourth-order valence-corrected chi connectivity index (χ4v) is 3.43. The number of nitrogens with zero attached hydrogens (tertiary/aromatic N) is 2. The number of imide groups is 1. The molecule has 0 unspecified atom stereocenters. The third-order valence-electron chi connectivity index (χ3n) is 4.55. The van der Waals surface area contributed by atoms with Crippen LogP contribution in [0.3, 0.4) is 0 Å². The number of carbonyl (C=O) groups excluding carboxylic acids is 2. The Morgan fingerprint density at radius 1 is 1.00 bits per heavy atom. The molecule has 0 spiro atoms. The predicted octanol–water partition coefficient (Wildman–Crippen LogP) is 4.96. The standard InChI is InChI=1S/C23H18FN5O2S/c1-32-23-27-19(14-7-9-17(24)10-8-14)20(28-23)16-11-12-25-18(13-16)26-22(31)29-21(30)15-5-3-2-4-6-15/h2-13H,1H3,(H,27,28)(H2,25,26,29,30,31). The number of amides is 3. The van der Waals surface area contributed by atoms with Crippen LogP contribution in [0.25, 0.3) is 22.5 Å². The summed E-state index contributed by atoms with van der Waals surface area (Å²) in [7, 11) is 0. The molecule has 2 aromatic heterocycles. The summed E-state index contributed by atoms with van der Waals surface area (Å²) in [6.45, 7) is 0. The van der Waals surface area contributed by atoms with Gasteiger partial charge in [0.25, 0.3) is 5.91 Å². The van der Waals surface area contributed by atoms with Gasteiger partial charge in [0.1, 0.15) is 11.6 Å². The molecule has 0 fully saturated rings. The normalized spacial score (nSPS) is 10.6. The van der Waals surface area contributed by atoms with Crippen molar-refractivity contribution in [2.24, 2.45) is 0 Å². The Kier molecular flexibility index (Phi) is 6.27. The minimum atomic E-state index is -0.700. The molecule has 7 nitrogen and oxygen atoms in total. The van der Waals surface area contributed by atoms with Crippen LogP contribution in [0.4, 0.5) is 15.0 Å². The first-order valence-electron chi connectivity index (χ1n) is 9.57. The smallest absolute Gasteiger partial charge is 0.327 e. The van der Waals surface area contributed by atoms with E-state index in [2.05, 4.69) is 25.6 Å². The van der Waals surface area contributed by atoms with Gasteiger partial charge >= 0.3 is 6.03 Å². The van der Waals surface area contributed by atoms with Crippen LogP contribution >= 0.6 is 11.8 Å². The summed E-state index contributed by atoms with van der Waals surface area (Å²) in [5.41, 5.74) is 3.18. The summed E-state index contributed by atoms with van der Waals surface area (Å²) in [5, 5.41) is 5.53. The van der Waals surface area contributed by atoms with Crippen LogP contribution in [0.15, 0.2) is 78.1 Å². The van der Waals surface area contributed by atoms with E-state index < -0.39 is 11.9 Å². The first-order chi connectivity index (χ1) is 15.5. The van der Waals surface area contributed by atoms with Crippen LogP contribution in [-0.4, -0.2) is 33.1 Å². The summed E-state index contributed by atoms with van der Waals surface area (Å²) in [6.07, 6.45) is 3.43. The molecule has 3 amide bonds. The number of nitrogens with one attached hydrogen (secondary N) is 3. The molecule has 4 rings (SSSR count). The van der Waals surface area contributed by atoms with Gasteiger partial charge in [0.2, 0.25) is 0 Å². The van der Waals surface area contributed by atoms with E-state index in [1.54, 1.807) is 54.6 Å². The van der Waals surface area contributed by atoms with Gasteiger partial charge in [0.05, 0.1) is 11.4 Å². The summed E-state index contributed by atoms with van der Waals surface area (Å²) in [4.78, 5) is 36.4. The largest absolute Gasteiger partial charge is 0.332 e. The first-order valence-corrected chi connectivity index (χ1v) is 10.8. The van der Waals surface area contributed by atoms with E-state index in [1.807, 2.05) is 6.26 Å². The number of halogens is 1. The van der Waals surface area contributed by atoms with E-state index in [4.69, 9.17) is 0 Å². The highest BCUT2D eigenvalue weighted by Gasteiger charge is 2.16. The van der Waals surface area contributed by atoms with Crippen LogP contribution in [0.2, 0.25) is 0 Å². The number of pyridine rings is 1. The quantitative estimate of drug-likeness (QED) is 0.376. The zero-order chi connectivity index (χ0) is 22.5. The Balaban J connectivity index is 1.57. The van der Waals surface area contributed by atoms with Gasteiger partial charge in [-0.1, -0.05) is 30.0 Å². The molecule has 0 radical (unpaired) electrons. The number of benzene rings is 2. The molecule has 0 aliphatic heterocycles. The topological polar surface area (TPSA) is 99.8 Å². The molecule has 4 aromatic rings. The maximum Gasteiger partial charge on any atom is 0.327 e. The Morgan fingerprint density at radius 3 is 2.47 bits per heavy atom. The van der Waals surface area contributed by atoms with Crippen molar-refractivity contribution in [3.05, 3.63) is 84.3 Å². The number of rotatable bonds is 5. The highest BCUT2D eigenvalue weighted by Crippen LogP contribution is 2.33. The molecule has 160 valence electrons. The van der Waals surface area contributed by atoms with Crippen molar-refractivity contribution in [3.8, 4) is 22.5 Å². The van der Waals surface area contributed by atoms with Gasteiger partial charge in [-0.25, -0.2) is 19.2 Å². The fraction of sp³-hybridized carbons (Fsp3) is 0.0435. The van der Waals surface area contributed by atoms with Crippen molar-refractivity contribution in [2.75, 3.05) is 11.6 Å². The average molecular weight is 447 g/mol. The zero-order valence-corrected chi connectivity index (χ0v) is 17.7. The molecule has 0 atom stereocenters. The molecule has 32 heavy (non-hydrogen) atoms. The lowest BCUT2D eigenvalue weighted by Gasteiger charge is -2.08. The zero-order valence-electron chi connectivity index (χ0n) is 16.9. The number of aromatic nitrogens is 3. The van der Waals surface area contributed by atoms with E-state index in [1.165, 1.54) is 30.1 Å². The number of hydrogen-bond donors (Lipinski definition) is 3. The molecule has 2 aromatic carbocycles. The Labute approximate surface area is 187 Å². The Bertz CT molecular complexity index is 1260. The summed E-state index contributed by atoms with van der Waals surface area (Å²) in [5.74, 6) is -0.597. The minimum absolute atomic E-state index is 0.250. The second-order valence-electron chi connectivity index (χ2n) is 6.68. The van der Waals surface area contributed by atoms with E-state index in [-0.39, 0.29) is 11.6 Å². The number of H-pyrrole nitrogens is 1. The lowest BCUT2D eigenvalue weighted by molar-refractivity contribution is 0.0967. The monoisotopic (exact) mass is 447 g/mol. The lowest BCUT2D eigenvalue weighted by Crippen LogP contribution is -2.34. The molecule has 2 heterocycles. The molecule has 0 aliphatic rings. The molecule has 3 N–H and O–H groups in total. The van der Waals surface area contributed by atoms with Gasteiger partial charge < -0.3 is 4.98 Å². The van der Waals surface area contributed by atoms with E-state index in [0.29, 0.717) is 22.0 Å². The van der Waals surface area contributed by atoms with Crippen molar-refractivity contribution < 1.29 is 14.0 Å². The molecule has 0 bridgehead atoms. The van der Waals surface area contributed by atoms with Crippen LogP contribution in [0.1, 0.15) is 10.4 Å².